The van der Waals surface area contributed by atoms with E-state index in [-0.39, 0.29) is 0 Å². The lowest BCUT2D eigenvalue weighted by molar-refractivity contribution is 1.22. The monoisotopic (exact) mass is 341 g/mol. The van der Waals surface area contributed by atoms with E-state index in [9.17, 15) is 0 Å². The van der Waals surface area contributed by atoms with E-state index in [0.717, 1.165) is 28.2 Å². The molecule has 0 saturated heterocycles. The Hall–Kier alpha value is -0.950. The highest BCUT2D eigenvalue weighted by Gasteiger charge is 2.07. The number of aromatic nitrogens is 3. The van der Waals surface area contributed by atoms with Gasteiger partial charge in [0.2, 0.25) is 0 Å². The van der Waals surface area contributed by atoms with Gasteiger partial charge in [-0.1, -0.05) is 0 Å². The SMILES string of the molecule is Cc1ccc2[nH]c(-c3csc(I)c3)nc2n1. The largest absolute Gasteiger partial charge is 0.337 e. The van der Waals surface area contributed by atoms with Crippen LogP contribution in [0.3, 0.4) is 0 Å². The number of thiophene rings is 1. The minimum absolute atomic E-state index is 0.788. The normalized spacial score (nSPS) is 11.1. The summed E-state index contributed by atoms with van der Waals surface area (Å²) >= 11 is 4.03. The highest BCUT2D eigenvalue weighted by atomic mass is 127. The molecule has 5 heteroatoms. The Balaban J connectivity index is 2.18. The Kier molecular flexibility index (Phi) is 2.44. The number of rotatable bonds is 1. The average Bonchev–Trinajstić information content (AvgIpc) is 2.83. The molecule has 0 amide bonds. The van der Waals surface area contributed by atoms with Gasteiger partial charge < -0.3 is 4.98 Å². The summed E-state index contributed by atoms with van der Waals surface area (Å²) in [6, 6.07) is 6.13. The molecule has 0 unspecified atom stereocenters. The zero-order valence-electron chi connectivity index (χ0n) is 8.49. The number of aromatic amines is 1. The zero-order chi connectivity index (χ0) is 11.1. The number of hydrogen-bond acceptors (Lipinski definition) is 3. The van der Waals surface area contributed by atoms with Crippen LogP contribution in [0.25, 0.3) is 22.6 Å². The molecule has 3 heterocycles. The molecule has 0 bridgehead atoms. The van der Waals surface area contributed by atoms with Crippen LogP contribution < -0.4 is 0 Å². The Morgan fingerprint density at radius 3 is 2.94 bits per heavy atom. The highest BCUT2D eigenvalue weighted by molar-refractivity contribution is 14.1. The molecule has 0 aliphatic rings. The fraction of sp³-hybridized carbons (Fsp3) is 0.0909. The summed E-state index contributed by atoms with van der Waals surface area (Å²) in [6.07, 6.45) is 0. The minimum Gasteiger partial charge on any atom is -0.337 e. The fourth-order valence-corrected chi connectivity index (χ4v) is 2.89. The van der Waals surface area contributed by atoms with Crippen molar-refractivity contribution in [3.8, 4) is 11.4 Å². The summed E-state index contributed by atoms with van der Waals surface area (Å²) in [5.41, 5.74) is 3.90. The Bertz CT molecular complexity index is 656. The Labute approximate surface area is 110 Å². The third kappa shape index (κ3) is 1.73. The molecule has 80 valence electrons. The van der Waals surface area contributed by atoms with Crippen LogP contribution in [0.1, 0.15) is 5.69 Å². The smallest absolute Gasteiger partial charge is 0.178 e. The first-order valence-electron chi connectivity index (χ1n) is 4.80. The third-order valence-corrected chi connectivity index (χ3v) is 4.12. The van der Waals surface area contributed by atoms with Crippen LogP contribution in [-0.4, -0.2) is 15.0 Å². The molecule has 0 aliphatic carbocycles. The quantitative estimate of drug-likeness (QED) is 0.687. The van der Waals surface area contributed by atoms with Gasteiger partial charge in [0.1, 0.15) is 5.82 Å². The van der Waals surface area contributed by atoms with Gasteiger partial charge in [0.05, 0.1) is 8.40 Å². The number of pyridine rings is 1. The van der Waals surface area contributed by atoms with Crippen LogP contribution in [-0.2, 0) is 0 Å². The van der Waals surface area contributed by atoms with Crippen molar-refractivity contribution in [3.05, 3.63) is 32.2 Å². The van der Waals surface area contributed by atoms with Crippen LogP contribution in [0, 0.1) is 9.81 Å². The van der Waals surface area contributed by atoms with Crippen molar-refractivity contribution < 1.29 is 0 Å². The van der Waals surface area contributed by atoms with E-state index in [1.807, 2.05) is 19.1 Å². The van der Waals surface area contributed by atoms with Crippen molar-refractivity contribution in [2.45, 2.75) is 6.92 Å². The first kappa shape index (κ1) is 10.2. The molecule has 0 aromatic carbocycles. The first-order valence-corrected chi connectivity index (χ1v) is 6.76. The van der Waals surface area contributed by atoms with Crippen LogP contribution in [0.15, 0.2) is 23.6 Å². The first-order chi connectivity index (χ1) is 7.72. The number of imidazole rings is 1. The van der Waals surface area contributed by atoms with Gasteiger partial charge in [0.15, 0.2) is 5.65 Å². The maximum Gasteiger partial charge on any atom is 0.178 e. The van der Waals surface area contributed by atoms with Crippen molar-refractivity contribution in [2.75, 3.05) is 0 Å². The third-order valence-electron chi connectivity index (χ3n) is 2.33. The van der Waals surface area contributed by atoms with E-state index < -0.39 is 0 Å². The lowest BCUT2D eigenvalue weighted by atomic mass is 10.3. The minimum atomic E-state index is 0.788. The molecule has 0 spiro atoms. The number of halogens is 1. The molecule has 1 N–H and O–H groups in total. The van der Waals surface area contributed by atoms with Crippen molar-refractivity contribution in [2.24, 2.45) is 0 Å². The molecule has 3 aromatic heterocycles. The van der Waals surface area contributed by atoms with E-state index in [0.29, 0.717) is 0 Å². The second-order valence-electron chi connectivity index (χ2n) is 3.55. The van der Waals surface area contributed by atoms with E-state index >= 15 is 0 Å². The fourth-order valence-electron chi connectivity index (χ4n) is 1.56. The summed E-state index contributed by atoms with van der Waals surface area (Å²) < 4.78 is 1.26. The van der Waals surface area contributed by atoms with E-state index in [2.05, 4.69) is 49.0 Å². The standard InChI is InChI=1S/C11H8IN3S/c1-6-2-3-8-11(13-6)15-10(14-8)7-4-9(12)16-5-7/h2-5H,1H3,(H,13,14,15). The van der Waals surface area contributed by atoms with Gasteiger partial charge in [-0.15, -0.1) is 11.3 Å². The van der Waals surface area contributed by atoms with Crippen molar-refractivity contribution in [3.63, 3.8) is 0 Å². The predicted octanol–water partition coefficient (Wildman–Crippen LogP) is 3.60. The number of H-pyrrole nitrogens is 1. The van der Waals surface area contributed by atoms with Crippen LogP contribution >= 0.6 is 33.9 Å². The van der Waals surface area contributed by atoms with Crippen LogP contribution in [0.5, 0.6) is 0 Å². The van der Waals surface area contributed by atoms with Gasteiger partial charge in [-0.05, 0) is 47.7 Å². The second kappa shape index (κ2) is 3.81. The van der Waals surface area contributed by atoms with Crippen molar-refractivity contribution >= 4 is 45.1 Å². The van der Waals surface area contributed by atoms with Crippen molar-refractivity contribution in [1.29, 1.82) is 0 Å². The second-order valence-corrected chi connectivity index (χ2v) is 6.35. The molecule has 3 rings (SSSR count). The van der Waals surface area contributed by atoms with Gasteiger partial charge in [-0.3, -0.25) is 0 Å². The van der Waals surface area contributed by atoms with Gasteiger partial charge in [-0.25, -0.2) is 9.97 Å². The van der Waals surface area contributed by atoms with E-state index in [1.165, 1.54) is 2.88 Å². The molecule has 0 atom stereocenters. The summed E-state index contributed by atoms with van der Waals surface area (Å²) in [5.74, 6) is 0.896. The van der Waals surface area contributed by atoms with Crippen molar-refractivity contribution in [1.82, 2.24) is 15.0 Å². The average molecular weight is 341 g/mol. The number of aryl methyl sites for hydroxylation is 1. The maximum atomic E-state index is 4.49. The van der Waals surface area contributed by atoms with Gasteiger partial charge >= 0.3 is 0 Å². The molecular weight excluding hydrogens is 333 g/mol. The van der Waals surface area contributed by atoms with Gasteiger partial charge in [0, 0.05) is 16.6 Å². The number of nitrogens with one attached hydrogen (secondary N) is 1. The Morgan fingerprint density at radius 2 is 2.19 bits per heavy atom. The molecule has 3 nitrogen and oxygen atoms in total. The predicted molar refractivity (Wildman–Crippen MR) is 74.7 cm³/mol. The zero-order valence-corrected chi connectivity index (χ0v) is 11.5. The van der Waals surface area contributed by atoms with Gasteiger partial charge in [0.25, 0.3) is 0 Å². The molecule has 0 fully saturated rings. The molecule has 0 aliphatic heterocycles. The highest BCUT2D eigenvalue weighted by Crippen LogP contribution is 2.25. The summed E-state index contributed by atoms with van der Waals surface area (Å²) in [7, 11) is 0. The molecule has 0 saturated carbocycles. The maximum absolute atomic E-state index is 4.49. The Morgan fingerprint density at radius 1 is 1.31 bits per heavy atom. The lowest BCUT2D eigenvalue weighted by Crippen LogP contribution is -1.80. The summed E-state index contributed by atoms with van der Waals surface area (Å²) in [4.78, 5) is 12.2. The van der Waals surface area contributed by atoms with Crippen LogP contribution in [0.2, 0.25) is 0 Å². The molecule has 0 radical (unpaired) electrons. The number of fused-ring (bicyclic) bond motifs is 1. The van der Waals surface area contributed by atoms with E-state index in [1.54, 1.807) is 11.3 Å². The summed E-state index contributed by atoms with van der Waals surface area (Å²) in [6.45, 7) is 1.97. The van der Waals surface area contributed by atoms with Gasteiger partial charge in [-0.2, -0.15) is 0 Å². The molecular formula is C11H8IN3S. The molecule has 3 aromatic rings. The summed E-state index contributed by atoms with van der Waals surface area (Å²) in [5, 5.41) is 2.10. The van der Waals surface area contributed by atoms with E-state index in [4.69, 9.17) is 0 Å². The number of nitrogens with zero attached hydrogens (tertiary/aromatic N) is 2. The molecule has 16 heavy (non-hydrogen) atoms. The number of hydrogen-bond donors (Lipinski definition) is 1. The topological polar surface area (TPSA) is 41.6 Å². The lowest BCUT2D eigenvalue weighted by Gasteiger charge is -1.88. The van der Waals surface area contributed by atoms with Crippen LogP contribution in [0.4, 0.5) is 0 Å².